The molecule has 1 fully saturated rings. The molecule has 1 saturated heterocycles. The summed E-state index contributed by atoms with van der Waals surface area (Å²) in [4.78, 5) is 13.2. The molecule has 0 N–H and O–H groups in total. The summed E-state index contributed by atoms with van der Waals surface area (Å²) in [5, 5.41) is 0. The zero-order chi connectivity index (χ0) is 9.35. The predicted octanol–water partition coefficient (Wildman–Crippen LogP) is 1.16. The lowest BCUT2D eigenvalue weighted by atomic mass is 10.2. The third kappa shape index (κ3) is 1.50. The van der Waals surface area contributed by atoms with Crippen molar-refractivity contribution in [3.63, 3.8) is 0 Å². The van der Waals surface area contributed by atoms with E-state index >= 15 is 0 Å². The molecule has 0 aromatic carbocycles. The van der Waals surface area contributed by atoms with Crippen molar-refractivity contribution in [3.8, 4) is 0 Å². The molecule has 12 heavy (non-hydrogen) atoms. The molecule has 68 valence electrons. The molecule has 0 aromatic rings. The first kappa shape index (κ1) is 9.26. The smallest absolute Gasteiger partial charge is 0.251 e. The minimum Gasteiger partial charge on any atom is -0.354 e. The highest BCUT2D eigenvalue weighted by Crippen LogP contribution is 2.23. The molecule has 0 bridgehead atoms. The summed E-state index contributed by atoms with van der Waals surface area (Å²) in [6.45, 7) is 10.4. The molecule has 1 aliphatic rings. The summed E-state index contributed by atoms with van der Waals surface area (Å²) in [6.07, 6.45) is 0. The molecule has 0 radical (unpaired) electrons. The molecule has 1 aliphatic heterocycles. The first-order valence-corrected chi connectivity index (χ1v) is 4.06. The van der Waals surface area contributed by atoms with E-state index in [1.54, 1.807) is 11.8 Å². The molecular formula is C9H15NO2. The fourth-order valence-electron chi connectivity index (χ4n) is 1.31. The minimum absolute atomic E-state index is 0.0162. The van der Waals surface area contributed by atoms with Crippen molar-refractivity contribution in [1.82, 2.24) is 4.90 Å². The van der Waals surface area contributed by atoms with Gasteiger partial charge >= 0.3 is 0 Å². The van der Waals surface area contributed by atoms with Gasteiger partial charge in [0, 0.05) is 12.1 Å². The van der Waals surface area contributed by atoms with E-state index < -0.39 is 5.72 Å². The van der Waals surface area contributed by atoms with E-state index in [1.165, 1.54) is 0 Å². The molecule has 1 rings (SSSR count). The molecule has 0 spiro atoms. The molecule has 0 saturated carbocycles. The van der Waals surface area contributed by atoms with Gasteiger partial charge in [0.25, 0.3) is 5.91 Å². The standard InChI is InChI=1S/C9H15NO2/c1-7(2)8(11)10-5-6-12-9(10,3)4/h1,5-6H2,2-4H3. The number of carbonyl (C=O) groups is 1. The normalized spacial score (nSPS) is 21.1. The number of hydrogen-bond donors (Lipinski definition) is 0. The van der Waals surface area contributed by atoms with Crippen LogP contribution in [0.1, 0.15) is 20.8 Å². The fraction of sp³-hybridized carbons (Fsp3) is 0.667. The highest BCUT2D eigenvalue weighted by atomic mass is 16.5. The number of carbonyl (C=O) groups excluding carboxylic acids is 1. The quantitative estimate of drug-likeness (QED) is 0.551. The second-order valence-corrected chi connectivity index (χ2v) is 3.53. The highest BCUT2D eigenvalue weighted by molar-refractivity contribution is 5.92. The maximum Gasteiger partial charge on any atom is 0.251 e. The molecule has 0 aliphatic carbocycles. The summed E-state index contributed by atoms with van der Waals surface area (Å²) in [6, 6.07) is 0. The van der Waals surface area contributed by atoms with Gasteiger partial charge in [-0.2, -0.15) is 0 Å². The van der Waals surface area contributed by atoms with Crippen LogP contribution in [0.15, 0.2) is 12.2 Å². The Bertz CT molecular complexity index is 221. The number of amides is 1. The largest absolute Gasteiger partial charge is 0.354 e. The second kappa shape index (κ2) is 2.90. The van der Waals surface area contributed by atoms with Crippen molar-refractivity contribution in [2.75, 3.05) is 13.2 Å². The third-order valence-corrected chi connectivity index (χ3v) is 2.03. The van der Waals surface area contributed by atoms with Crippen LogP contribution in [0, 0.1) is 0 Å². The molecule has 1 amide bonds. The van der Waals surface area contributed by atoms with Crippen LogP contribution in [0.5, 0.6) is 0 Å². The number of hydrogen-bond acceptors (Lipinski definition) is 2. The minimum atomic E-state index is -0.462. The van der Waals surface area contributed by atoms with Crippen molar-refractivity contribution < 1.29 is 9.53 Å². The SMILES string of the molecule is C=C(C)C(=O)N1CCOC1(C)C. The van der Waals surface area contributed by atoms with Crippen LogP contribution in [0.4, 0.5) is 0 Å². The van der Waals surface area contributed by atoms with Crippen LogP contribution >= 0.6 is 0 Å². The molecule has 1 heterocycles. The Morgan fingerprint density at radius 2 is 2.17 bits per heavy atom. The third-order valence-electron chi connectivity index (χ3n) is 2.03. The van der Waals surface area contributed by atoms with Crippen LogP contribution in [0.3, 0.4) is 0 Å². The average Bonchev–Trinajstić information content (AvgIpc) is 2.27. The van der Waals surface area contributed by atoms with Gasteiger partial charge in [-0.3, -0.25) is 4.79 Å². The summed E-state index contributed by atoms with van der Waals surface area (Å²) in [5.41, 5.74) is 0.101. The first-order chi connectivity index (χ1) is 5.45. The van der Waals surface area contributed by atoms with Crippen molar-refractivity contribution in [2.24, 2.45) is 0 Å². The van der Waals surface area contributed by atoms with Crippen LogP contribution < -0.4 is 0 Å². The van der Waals surface area contributed by atoms with Crippen LogP contribution in [0.25, 0.3) is 0 Å². The van der Waals surface area contributed by atoms with Gasteiger partial charge in [0.2, 0.25) is 0 Å². The van der Waals surface area contributed by atoms with Gasteiger partial charge < -0.3 is 9.64 Å². The molecule has 3 heteroatoms. The van der Waals surface area contributed by atoms with Crippen LogP contribution in [-0.4, -0.2) is 29.7 Å². The van der Waals surface area contributed by atoms with Crippen molar-refractivity contribution in [1.29, 1.82) is 0 Å². The Morgan fingerprint density at radius 3 is 2.50 bits per heavy atom. The second-order valence-electron chi connectivity index (χ2n) is 3.53. The maximum absolute atomic E-state index is 11.5. The first-order valence-electron chi connectivity index (χ1n) is 4.06. The van der Waals surface area contributed by atoms with Gasteiger partial charge in [0.15, 0.2) is 0 Å². The van der Waals surface area contributed by atoms with E-state index in [-0.39, 0.29) is 5.91 Å². The lowest BCUT2D eigenvalue weighted by Gasteiger charge is -2.29. The maximum atomic E-state index is 11.5. The summed E-state index contributed by atoms with van der Waals surface area (Å²) in [7, 11) is 0. The van der Waals surface area contributed by atoms with Gasteiger partial charge in [-0.15, -0.1) is 0 Å². The molecule has 0 unspecified atom stereocenters. The van der Waals surface area contributed by atoms with Gasteiger partial charge in [-0.05, 0) is 20.8 Å². The van der Waals surface area contributed by atoms with E-state index in [1.807, 2.05) is 13.8 Å². The predicted molar refractivity (Wildman–Crippen MR) is 46.6 cm³/mol. The zero-order valence-electron chi connectivity index (χ0n) is 7.89. The Kier molecular flexibility index (Phi) is 2.24. The lowest BCUT2D eigenvalue weighted by Crippen LogP contribution is -2.43. The van der Waals surface area contributed by atoms with Gasteiger partial charge in [-0.25, -0.2) is 0 Å². The molecule has 3 nitrogen and oxygen atoms in total. The summed E-state index contributed by atoms with van der Waals surface area (Å²) >= 11 is 0. The average molecular weight is 169 g/mol. The summed E-state index contributed by atoms with van der Waals surface area (Å²) in [5.74, 6) is -0.0162. The monoisotopic (exact) mass is 169 g/mol. The van der Waals surface area contributed by atoms with Crippen LogP contribution in [-0.2, 0) is 9.53 Å². The Labute approximate surface area is 73.0 Å². The Morgan fingerprint density at radius 1 is 1.58 bits per heavy atom. The molecular weight excluding hydrogens is 154 g/mol. The van der Waals surface area contributed by atoms with E-state index in [9.17, 15) is 4.79 Å². The fourth-order valence-corrected chi connectivity index (χ4v) is 1.31. The van der Waals surface area contributed by atoms with E-state index in [4.69, 9.17) is 4.74 Å². The number of rotatable bonds is 1. The van der Waals surface area contributed by atoms with E-state index in [0.717, 1.165) is 0 Å². The van der Waals surface area contributed by atoms with Gasteiger partial charge in [-0.1, -0.05) is 6.58 Å². The topological polar surface area (TPSA) is 29.5 Å². The van der Waals surface area contributed by atoms with Crippen molar-refractivity contribution >= 4 is 5.91 Å². The lowest BCUT2D eigenvalue weighted by molar-refractivity contribution is -0.139. The van der Waals surface area contributed by atoms with E-state index in [2.05, 4.69) is 6.58 Å². The zero-order valence-corrected chi connectivity index (χ0v) is 7.89. The Hall–Kier alpha value is -0.830. The van der Waals surface area contributed by atoms with Crippen LogP contribution in [0.2, 0.25) is 0 Å². The van der Waals surface area contributed by atoms with E-state index in [0.29, 0.717) is 18.7 Å². The van der Waals surface area contributed by atoms with Gasteiger partial charge in [0.05, 0.1) is 6.61 Å². The van der Waals surface area contributed by atoms with Crippen molar-refractivity contribution in [3.05, 3.63) is 12.2 Å². The molecule has 0 aromatic heterocycles. The number of ether oxygens (including phenoxy) is 1. The Balaban J connectivity index is 2.76. The summed E-state index contributed by atoms with van der Waals surface area (Å²) < 4.78 is 5.39. The molecule has 0 atom stereocenters. The highest BCUT2D eigenvalue weighted by Gasteiger charge is 2.36. The number of nitrogens with zero attached hydrogens (tertiary/aromatic N) is 1. The van der Waals surface area contributed by atoms with Crippen molar-refractivity contribution in [2.45, 2.75) is 26.5 Å². The van der Waals surface area contributed by atoms with Gasteiger partial charge in [0.1, 0.15) is 5.72 Å².